The molecule has 0 spiro atoms. The molecule has 1 aromatic carbocycles. The van der Waals surface area contributed by atoms with Gasteiger partial charge in [0.25, 0.3) is 0 Å². The smallest absolute Gasteiger partial charge is 0.137 e. The molecule has 0 unspecified atom stereocenters. The minimum absolute atomic E-state index is 0.519. The Morgan fingerprint density at radius 2 is 2.33 bits per heavy atom. The van der Waals surface area contributed by atoms with Crippen molar-refractivity contribution < 1.29 is 4.74 Å². The highest BCUT2D eigenvalue weighted by Gasteiger charge is 2.00. The number of hydrogen-bond donors (Lipinski definition) is 2. The van der Waals surface area contributed by atoms with E-state index in [1.54, 1.807) is 12.4 Å². The van der Waals surface area contributed by atoms with Crippen molar-refractivity contribution in [1.82, 2.24) is 9.97 Å². The van der Waals surface area contributed by atoms with Crippen LogP contribution in [0.4, 0.5) is 0 Å². The molecule has 0 saturated heterocycles. The maximum atomic E-state index is 5.43. The van der Waals surface area contributed by atoms with E-state index >= 15 is 0 Å². The molecular formula is C11H13N3O. The van der Waals surface area contributed by atoms with Gasteiger partial charge in [-0.15, -0.1) is 0 Å². The van der Waals surface area contributed by atoms with Crippen LogP contribution < -0.4 is 10.5 Å². The zero-order valence-corrected chi connectivity index (χ0v) is 8.31. The summed E-state index contributed by atoms with van der Waals surface area (Å²) in [6.07, 6.45) is 3.52. The molecule has 0 amide bonds. The van der Waals surface area contributed by atoms with E-state index in [-0.39, 0.29) is 0 Å². The van der Waals surface area contributed by atoms with E-state index in [9.17, 15) is 0 Å². The molecule has 4 nitrogen and oxygen atoms in total. The van der Waals surface area contributed by atoms with Crippen molar-refractivity contribution in [2.75, 3.05) is 13.2 Å². The number of nitrogens with two attached hydrogens (primary N) is 1. The molecule has 0 aliphatic carbocycles. The first-order valence-electron chi connectivity index (χ1n) is 4.83. The fraction of sp³-hybridized carbons (Fsp3) is 0.182. The van der Waals surface area contributed by atoms with Gasteiger partial charge in [-0.3, -0.25) is 0 Å². The van der Waals surface area contributed by atoms with Crippen LogP contribution in [0.15, 0.2) is 36.7 Å². The number of imidazole rings is 1. The third kappa shape index (κ3) is 2.35. The van der Waals surface area contributed by atoms with E-state index < -0.39 is 0 Å². The van der Waals surface area contributed by atoms with Gasteiger partial charge in [-0.25, -0.2) is 4.98 Å². The molecule has 2 rings (SSSR count). The lowest BCUT2D eigenvalue weighted by Crippen LogP contribution is -2.10. The predicted molar refractivity (Wildman–Crippen MR) is 58.6 cm³/mol. The van der Waals surface area contributed by atoms with Crippen molar-refractivity contribution >= 4 is 0 Å². The number of rotatable bonds is 4. The summed E-state index contributed by atoms with van der Waals surface area (Å²) in [6, 6.07) is 7.76. The van der Waals surface area contributed by atoms with E-state index in [1.165, 1.54) is 0 Å². The molecule has 0 atom stereocenters. The van der Waals surface area contributed by atoms with Crippen molar-refractivity contribution in [3.8, 4) is 17.1 Å². The molecule has 3 N–H and O–H groups in total. The van der Waals surface area contributed by atoms with Gasteiger partial charge >= 0.3 is 0 Å². The van der Waals surface area contributed by atoms with Crippen molar-refractivity contribution in [1.29, 1.82) is 0 Å². The van der Waals surface area contributed by atoms with Gasteiger partial charge in [0.2, 0.25) is 0 Å². The maximum absolute atomic E-state index is 5.43. The van der Waals surface area contributed by atoms with Gasteiger partial charge < -0.3 is 15.5 Å². The lowest BCUT2D eigenvalue weighted by atomic mass is 10.2. The topological polar surface area (TPSA) is 63.9 Å². The molecule has 0 aliphatic rings. The number of ether oxygens (including phenoxy) is 1. The second-order valence-electron chi connectivity index (χ2n) is 3.10. The number of benzene rings is 1. The van der Waals surface area contributed by atoms with Crippen LogP contribution >= 0.6 is 0 Å². The average Bonchev–Trinajstić information content (AvgIpc) is 2.80. The third-order valence-corrected chi connectivity index (χ3v) is 1.99. The first-order valence-corrected chi connectivity index (χ1v) is 4.83. The molecule has 0 saturated carbocycles. The first-order chi connectivity index (χ1) is 7.40. The molecule has 1 aromatic heterocycles. The highest BCUT2D eigenvalue weighted by Crippen LogP contribution is 2.20. The van der Waals surface area contributed by atoms with Gasteiger partial charge in [0.15, 0.2) is 0 Å². The Morgan fingerprint density at radius 1 is 1.40 bits per heavy atom. The molecule has 0 fully saturated rings. The Labute approximate surface area is 88.1 Å². The summed E-state index contributed by atoms with van der Waals surface area (Å²) < 4.78 is 5.43. The van der Waals surface area contributed by atoms with Gasteiger partial charge in [-0.1, -0.05) is 12.1 Å². The van der Waals surface area contributed by atoms with Crippen LogP contribution in [0.3, 0.4) is 0 Å². The molecule has 15 heavy (non-hydrogen) atoms. The van der Waals surface area contributed by atoms with Gasteiger partial charge in [-0.2, -0.15) is 0 Å². The zero-order chi connectivity index (χ0) is 10.5. The summed E-state index contributed by atoms with van der Waals surface area (Å²) in [4.78, 5) is 7.22. The van der Waals surface area contributed by atoms with Gasteiger partial charge in [0.05, 0.1) is 0 Å². The van der Waals surface area contributed by atoms with Crippen LogP contribution in [0.25, 0.3) is 11.4 Å². The fourth-order valence-electron chi connectivity index (χ4n) is 1.33. The first kappa shape index (κ1) is 9.73. The lowest BCUT2D eigenvalue weighted by molar-refractivity contribution is 0.328. The van der Waals surface area contributed by atoms with Crippen molar-refractivity contribution in [3.63, 3.8) is 0 Å². The van der Waals surface area contributed by atoms with E-state index in [0.717, 1.165) is 17.1 Å². The van der Waals surface area contributed by atoms with Crippen molar-refractivity contribution in [2.45, 2.75) is 0 Å². The lowest BCUT2D eigenvalue weighted by Gasteiger charge is -2.05. The minimum Gasteiger partial charge on any atom is -0.492 e. The number of nitrogens with one attached hydrogen (secondary N) is 1. The Balaban J connectivity index is 2.19. The molecule has 4 heteroatoms. The van der Waals surface area contributed by atoms with Crippen LogP contribution in [0, 0.1) is 0 Å². The van der Waals surface area contributed by atoms with Crippen LogP contribution in [0.1, 0.15) is 0 Å². The van der Waals surface area contributed by atoms with Crippen molar-refractivity contribution in [3.05, 3.63) is 36.7 Å². The van der Waals surface area contributed by atoms with E-state index in [1.807, 2.05) is 24.3 Å². The number of hydrogen-bond acceptors (Lipinski definition) is 3. The Kier molecular flexibility index (Phi) is 2.99. The van der Waals surface area contributed by atoms with Crippen molar-refractivity contribution in [2.24, 2.45) is 5.73 Å². The predicted octanol–water partition coefficient (Wildman–Crippen LogP) is 1.41. The summed E-state index contributed by atoms with van der Waals surface area (Å²) in [5, 5.41) is 0. The van der Waals surface area contributed by atoms with Gasteiger partial charge in [0.1, 0.15) is 18.2 Å². The Morgan fingerprint density at radius 3 is 3.07 bits per heavy atom. The summed E-state index contributed by atoms with van der Waals surface area (Å²) >= 11 is 0. The minimum atomic E-state index is 0.519. The second kappa shape index (κ2) is 4.61. The molecule has 0 bridgehead atoms. The highest BCUT2D eigenvalue weighted by atomic mass is 16.5. The highest BCUT2D eigenvalue weighted by molar-refractivity contribution is 5.57. The second-order valence-corrected chi connectivity index (χ2v) is 3.10. The summed E-state index contributed by atoms with van der Waals surface area (Å²) in [5.41, 5.74) is 6.37. The van der Waals surface area contributed by atoms with E-state index in [0.29, 0.717) is 13.2 Å². The van der Waals surface area contributed by atoms with Crippen LogP contribution in [-0.2, 0) is 0 Å². The third-order valence-electron chi connectivity index (χ3n) is 1.99. The standard InChI is InChI=1S/C11H13N3O/c12-4-7-15-10-3-1-2-9(8-10)11-13-5-6-14-11/h1-3,5-6,8H,4,7,12H2,(H,13,14). The van der Waals surface area contributed by atoms with Crippen LogP contribution in [0.2, 0.25) is 0 Å². The molecule has 1 heterocycles. The molecule has 0 radical (unpaired) electrons. The number of aromatic amines is 1. The van der Waals surface area contributed by atoms with Gasteiger partial charge in [-0.05, 0) is 12.1 Å². The normalized spacial score (nSPS) is 10.2. The maximum Gasteiger partial charge on any atom is 0.137 e. The monoisotopic (exact) mass is 203 g/mol. The molecule has 0 aliphatic heterocycles. The van der Waals surface area contributed by atoms with Crippen LogP contribution in [0.5, 0.6) is 5.75 Å². The molecule has 78 valence electrons. The zero-order valence-electron chi connectivity index (χ0n) is 8.31. The summed E-state index contributed by atoms with van der Waals surface area (Å²) in [7, 11) is 0. The van der Waals surface area contributed by atoms with E-state index in [2.05, 4.69) is 9.97 Å². The molecular weight excluding hydrogens is 190 g/mol. The Bertz CT molecular complexity index is 412. The fourth-order valence-corrected chi connectivity index (χ4v) is 1.33. The SMILES string of the molecule is NCCOc1cccc(-c2ncc[nH]2)c1. The largest absolute Gasteiger partial charge is 0.492 e. The number of H-pyrrole nitrogens is 1. The summed E-state index contributed by atoms with van der Waals surface area (Å²) in [6.45, 7) is 1.05. The summed E-state index contributed by atoms with van der Waals surface area (Å²) in [5.74, 6) is 1.66. The van der Waals surface area contributed by atoms with Gasteiger partial charge in [0, 0.05) is 24.5 Å². The van der Waals surface area contributed by atoms with E-state index in [4.69, 9.17) is 10.5 Å². The van der Waals surface area contributed by atoms with Crippen LogP contribution in [-0.4, -0.2) is 23.1 Å². The quantitative estimate of drug-likeness (QED) is 0.789. The Hall–Kier alpha value is -1.81. The average molecular weight is 203 g/mol. The number of aromatic nitrogens is 2. The number of nitrogens with zero attached hydrogens (tertiary/aromatic N) is 1. The molecule has 2 aromatic rings.